The molecule has 1 N–H and O–H groups in total. The van der Waals surface area contributed by atoms with E-state index in [9.17, 15) is 0 Å². The lowest BCUT2D eigenvalue weighted by atomic mass is 10.1. The highest BCUT2D eigenvalue weighted by molar-refractivity contribution is 4.65. The van der Waals surface area contributed by atoms with Crippen molar-refractivity contribution < 1.29 is 9.47 Å². The van der Waals surface area contributed by atoms with Crippen LogP contribution in [0.5, 0.6) is 0 Å². The number of methoxy groups -OCH3 is 1. The predicted octanol–water partition coefficient (Wildman–Crippen LogP) is 0.649. The van der Waals surface area contributed by atoms with Gasteiger partial charge in [-0.3, -0.25) is 0 Å². The minimum atomic E-state index is 0.792. The number of hydrogen-bond acceptors (Lipinski definition) is 3. The first-order valence-corrected chi connectivity index (χ1v) is 4.71. The van der Waals surface area contributed by atoms with Gasteiger partial charge < -0.3 is 14.8 Å². The molecule has 1 aliphatic heterocycles. The minimum Gasteiger partial charge on any atom is -0.383 e. The maximum Gasteiger partial charge on any atom is 0.0587 e. The summed E-state index contributed by atoms with van der Waals surface area (Å²) in [6, 6.07) is 0. The molecule has 1 unspecified atom stereocenters. The summed E-state index contributed by atoms with van der Waals surface area (Å²) in [5.74, 6) is 0.792. The van der Waals surface area contributed by atoms with Crippen LogP contribution in [0.4, 0.5) is 0 Å². The second-order valence-electron chi connectivity index (χ2n) is 3.26. The van der Waals surface area contributed by atoms with Crippen molar-refractivity contribution in [3.05, 3.63) is 0 Å². The summed E-state index contributed by atoms with van der Waals surface area (Å²) >= 11 is 0. The summed E-state index contributed by atoms with van der Waals surface area (Å²) in [4.78, 5) is 0. The second kappa shape index (κ2) is 6.40. The Labute approximate surface area is 74.4 Å². The molecule has 72 valence electrons. The van der Waals surface area contributed by atoms with Gasteiger partial charge in [0.05, 0.1) is 6.61 Å². The topological polar surface area (TPSA) is 30.5 Å². The Kier molecular flexibility index (Phi) is 5.32. The smallest absolute Gasteiger partial charge is 0.0587 e. The van der Waals surface area contributed by atoms with E-state index in [2.05, 4.69) is 5.32 Å². The molecular formula is C9H19NO2. The zero-order valence-electron chi connectivity index (χ0n) is 7.84. The Morgan fingerprint density at radius 3 is 3.08 bits per heavy atom. The number of nitrogens with one attached hydrogen (secondary N) is 1. The molecule has 0 amide bonds. The van der Waals surface area contributed by atoms with Crippen LogP contribution in [0.3, 0.4) is 0 Å². The van der Waals surface area contributed by atoms with Gasteiger partial charge in [0.15, 0.2) is 0 Å². The van der Waals surface area contributed by atoms with Gasteiger partial charge in [0.1, 0.15) is 0 Å². The zero-order valence-corrected chi connectivity index (χ0v) is 7.84. The third-order valence-corrected chi connectivity index (χ3v) is 2.24. The van der Waals surface area contributed by atoms with Gasteiger partial charge in [-0.1, -0.05) is 0 Å². The summed E-state index contributed by atoms with van der Waals surface area (Å²) in [7, 11) is 1.73. The molecule has 0 bridgehead atoms. The van der Waals surface area contributed by atoms with E-state index in [-0.39, 0.29) is 0 Å². The van der Waals surface area contributed by atoms with Gasteiger partial charge in [-0.25, -0.2) is 0 Å². The first-order chi connectivity index (χ1) is 5.93. The van der Waals surface area contributed by atoms with E-state index in [0.29, 0.717) is 0 Å². The van der Waals surface area contributed by atoms with Crippen molar-refractivity contribution >= 4 is 0 Å². The summed E-state index contributed by atoms with van der Waals surface area (Å²) in [6.07, 6.45) is 2.48. The molecule has 0 aromatic carbocycles. The van der Waals surface area contributed by atoms with Gasteiger partial charge in [-0.2, -0.15) is 0 Å². The normalized spacial score (nSPS) is 23.2. The van der Waals surface area contributed by atoms with Crippen LogP contribution in [-0.4, -0.2) is 40.0 Å². The van der Waals surface area contributed by atoms with Gasteiger partial charge in [0.2, 0.25) is 0 Å². The van der Waals surface area contributed by atoms with Gasteiger partial charge in [0, 0.05) is 26.9 Å². The molecule has 1 aliphatic rings. The Bertz CT molecular complexity index is 103. The van der Waals surface area contributed by atoms with Crippen LogP contribution in [0.2, 0.25) is 0 Å². The van der Waals surface area contributed by atoms with Crippen LogP contribution < -0.4 is 5.32 Å². The first-order valence-electron chi connectivity index (χ1n) is 4.71. The zero-order chi connectivity index (χ0) is 8.65. The quantitative estimate of drug-likeness (QED) is 0.598. The third kappa shape index (κ3) is 4.04. The van der Waals surface area contributed by atoms with Gasteiger partial charge >= 0.3 is 0 Å². The van der Waals surface area contributed by atoms with E-state index in [1.165, 1.54) is 12.8 Å². The minimum absolute atomic E-state index is 0.792. The Morgan fingerprint density at radius 1 is 1.50 bits per heavy atom. The standard InChI is InChI=1S/C9H19NO2/c1-11-7-5-10-4-2-9-3-6-12-8-9/h9-10H,2-8H2,1H3. The lowest BCUT2D eigenvalue weighted by Crippen LogP contribution is -2.22. The summed E-state index contributed by atoms with van der Waals surface area (Å²) in [6.45, 7) is 4.79. The van der Waals surface area contributed by atoms with Crippen molar-refractivity contribution in [1.82, 2.24) is 5.32 Å². The average Bonchev–Trinajstić information content (AvgIpc) is 2.57. The fourth-order valence-corrected chi connectivity index (χ4v) is 1.42. The van der Waals surface area contributed by atoms with E-state index >= 15 is 0 Å². The van der Waals surface area contributed by atoms with Gasteiger partial charge in [0.25, 0.3) is 0 Å². The highest BCUT2D eigenvalue weighted by Crippen LogP contribution is 2.14. The molecular weight excluding hydrogens is 154 g/mol. The molecule has 1 atom stereocenters. The van der Waals surface area contributed by atoms with Crippen molar-refractivity contribution in [1.29, 1.82) is 0 Å². The number of ether oxygens (including phenoxy) is 2. The Morgan fingerprint density at radius 2 is 2.42 bits per heavy atom. The van der Waals surface area contributed by atoms with Crippen molar-refractivity contribution in [2.75, 3.05) is 40.0 Å². The van der Waals surface area contributed by atoms with Crippen LogP contribution in [-0.2, 0) is 9.47 Å². The van der Waals surface area contributed by atoms with Crippen molar-refractivity contribution in [2.45, 2.75) is 12.8 Å². The molecule has 1 rings (SSSR count). The van der Waals surface area contributed by atoms with Crippen LogP contribution in [0.25, 0.3) is 0 Å². The van der Waals surface area contributed by atoms with E-state index in [4.69, 9.17) is 9.47 Å². The van der Waals surface area contributed by atoms with Gasteiger partial charge in [-0.15, -0.1) is 0 Å². The van der Waals surface area contributed by atoms with Gasteiger partial charge in [-0.05, 0) is 25.3 Å². The Balaban J connectivity index is 1.81. The first kappa shape index (κ1) is 9.96. The third-order valence-electron chi connectivity index (χ3n) is 2.24. The summed E-state index contributed by atoms with van der Waals surface area (Å²) in [5, 5.41) is 3.33. The lowest BCUT2D eigenvalue weighted by molar-refractivity contribution is 0.182. The van der Waals surface area contributed by atoms with Crippen LogP contribution in [0.1, 0.15) is 12.8 Å². The highest BCUT2D eigenvalue weighted by atomic mass is 16.5. The molecule has 0 aliphatic carbocycles. The predicted molar refractivity (Wildman–Crippen MR) is 48.3 cm³/mol. The molecule has 0 radical (unpaired) electrons. The van der Waals surface area contributed by atoms with Crippen molar-refractivity contribution in [3.8, 4) is 0 Å². The molecule has 0 aromatic rings. The molecule has 3 heteroatoms. The largest absolute Gasteiger partial charge is 0.383 e. The SMILES string of the molecule is COCCNCCC1CCOC1. The van der Waals surface area contributed by atoms with Crippen LogP contribution in [0, 0.1) is 5.92 Å². The van der Waals surface area contributed by atoms with Crippen LogP contribution in [0.15, 0.2) is 0 Å². The lowest BCUT2D eigenvalue weighted by Gasteiger charge is -2.07. The molecule has 0 aromatic heterocycles. The molecule has 1 fully saturated rings. The van der Waals surface area contributed by atoms with E-state index < -0.39 is 0 Å². The monoisotopic (exact) mass is 173 g/mol. The van der Waals surface area contributed by atoms with E-state index in [1.807, 2.05) is 0 Å². The fraction of sp³-hybridized carbons (Fsp3) is 1.00. The van der Waals surface area contributed by atoms with Crippen molar-refractivity contribution in [3.63, 3.8) is 0 Å². The highest BCUT2D eigenvalue weighted by Gasteiger charge is 2.14. The molecule has 12 heavy (non-hydrogen) atoms. The molecule has 1 saturated heterocycles. The summed E-state index contributed by atoms with van der Waals surface area (Å²) < 4.78 is 10.2. The number of rotatable bonds is 6. The molecule has 3 nitrogen and oxygen atoms in total. The fourth-order valence-electron chi connectivity index (χ4n) is 1.42. The maximum absolute atomic E-state index is 5.28. The molecule has 0 saturated carbocycles. The number of hydrogen-bond donors (Lipinski definition) is 1. The van der Waals surface area contributed by atoms with Crippen LogP contribution >= 0.6 is 0 Å². The van der Waals surface area contributed by atoms with Crippen molar-refractivity contribution in [2.24, 2.45) is 5.92 Å². The molecule has 1 heterocycles. The average molecular weight is 173 g/mol. The van der Waals surface area contributed by atoms with E-state index in [0.717, 1.165) is 38.8 Å². The second-order valence-corrected chi connectivity index (χ2v) is 3.26. The summed E-state index contributed by atoms with van der Waals surface area (Å²) in [5.41, 5.74) is 0. The molecule has 0 spiro atoms. The Hall–Kier alpha value is -0.120. The maximum atomic E-state index is 5.28. The van der Waals surface area contributed by atoms with E-state index in [1.54, 1.807) is 7.11 Å².